The summed E-state index contributed by atoms with van der Waals surface area (Å²) in [7, 11) is 0. The smallest absolute Gasteiger partial charge is 0.311 e. The van der Waals surface area contributed by atoms with Crippen molar-refractivity contribution in [2.75, 3.05) is 0 Å². The fraction of sp³-hybridized carbons (Fsp3) is 0.571. The van der Waals surface area contributed by atoms with Gasteiger partial charge in [-0.1, -0.05) is 6.92 Å². The molecule has 19 heavy (non-hydrogen) atoms. The summed E-state index contributed by atoms with van der Waals surface area (Å²) in [5, 5.41) is 9.55. The van der Waals surface area contributed by atoms with Gasteiger partial charge in [-0.15, -0.1) is 0 Å². The van der Waals surface area contributed by atoms with Crippen molar-refractivity contribution in [3.63, 3.8) is 0 Å². The minimum Gasteiger partial charge on any atom is -0.481 e. The Hall–Kier alpha value is -1.78. The van der Waals surface area contributed by atoms with Crippen LogP contribution < -0.4 is 0 Å². The van der Waals surface area contributed by atoms with Gasteiger partial charge in [0.2, 0.25) is 0 Å². The van der Waals surface area contributed by atoms with Crippen LogP contribution in [0.1, 0.15) is 43.2 Å². The highest BCUT2D eigenvalue weighted by atomic mass is 16.4. The number of furan rings is 1. The van der Waals surface area contributed by atoms with Gasteiger partial charge in [-0.05, 0) is 37.8 Å². The maximum atomic E-state index is 12.4. The minimum absolute atomic E-state index is 0.0404. The molecule has 0 radical (unpaired) electrons. The number of fused-ring (bicyclic) bond motifs is 2. The van der Waals surface area contributed by atoms with Crippen molar-refractivity contribution in [3.05, 3.63) is 24.2 Å². The second kappa shape index (κ2) is 4.11. The topological polar surface area (TPSA) is 70.8 Å². The fourth-order valence-electron chi connectivity index (χ4n) is 3.78. The van der Waals surface area contributed by atoms with E-state index in [1.807, 2.05) is 6.92 Å². The standard InChI is InChI=1S/C14H17NO4/c1-2-14(13(17)18)8-9-5-6-11(14)15(9)12(16)10-4-3-7-19-10/h3-4,7,9,11H,2,5-6,8H2,1H3,(H,17,18)/t9-,11+,14+/m0/s1. The normalized spacial score (nSPS) is 32.8. The minimum atomic E-state index is -0.778. The number of carbonyl (C=O) groups is 2. The SMILES string of the molecule is CC[C@@]1(C(=O)O)C[C@@H]2CC[C@H]1N2C(=O)c1ccco1. The number of hydrogen-bond acceptors (Lipinski definition) is 3. The van der Waals surface area contributed by atoms with Gasteiger partial charge in [0.1, 0.15) is 0 Å². The van der Waals surface area contributed by atoms with E-state index in [9.17, 15) is 14.7 Å². The van der Waals surface area contributed by atoms with Crippen LogP contribution in [0.25, 0.3) is 0 Å². The number of aliphatic carboxylic acids is 1. The Labute approximate surface area is 111 Å². The van der Waals surface area contributed by atoms with Crippen molar-refractivity contribution in [2.45, 2.75) is 44.7 Å². The Balaban J connectivity index is 1.93. The first-order valence-electron chi connectivity index (χ1n) is 6.69. The molecule has 1 aromatic rings. The first-order valence-corrected chi connectivity index (χ1v) is 6.69. The van der Waals surface area contributed by atoms with Crippen LogP contribution in [-0.4, -0.2) is 34.0 Å². The molecule has 2 saturated heterocycles. The number of carboxylic acid groups (broad SMARTS) is 1. The van der Waals surface area contributed by atoms with Gasteiger partial charge >= 0.3 is 5.97 Å². The van der Waals surface area contributed by atoms with Crippen LogP contribution in [0, 0.1) is 5.41 Å². The molecule has 5 nitrogen and oxygen atoms in total. The van der Waals surface area contributed by atoms with Crippen molar-refractivity contribution in [1.82, 2.24) is 4.90 Å². The van der Waals surface area contributed by atoms with E-state index in [0.717, 1.165) is 12.8 Å². The predicted molar refractivity (Wildman–Crippen MR) is 66.7 cm³/mol. The summed E-state index contributed by atoms with van der Waals surface area (Å²) in [5.74, 6) is -0.650. The summed E-state index contributed by atoms with van der Waals surface area (Å²) in [5.41, 5.74) is -0.773. The number of rotatable bonds is 3. The molecule has 2 bridgehead atoms. The van der Waals surface area contributed by atoms with E-state index in [2.05, 4.69) is 0 Å². The van der Waals surface area contributed by atoms with Crippen LogP contribution in [0.3, 0.4) is 0 Å². The number of carboxylic acids is 1. The van der Waals surface area contributed by atoms with Gasteiger partial charge < -0.3 is 14.4 Å². The van der Waals surface area contributed by atoms with E-state index in [1.165, 1.54) is 6.26 Å². The third-order valence-corrected chi connectivity index (χ3v) is 4.76. The zero-order valence-electron chi connectivity index (χ0n) is 10.8. The van der Waals surface area contributed by atoms with Crippen LogP contribution in [-0.2, 0) is 4.79 Å². The van der Waals surface area contributed by atoms with E-state index < -0.39 is 11.4 Å². The second-order valence-corrected chi connectivity index (χ2v) is 5.46. The first kappa shape index (κ1) is 12.3. The van der Waals surface area contributed by atoms with Crippen LogP contribution in [0.5, 0.6) is 0 Å². The Kier molecular flexibility index (Phi) is 2.66. The lowest BCUT2D eigenvalue weighted by atomic mass is 9.72. The zero-order valence-corrected chi connectivity index (χ0v) is 10.8. The molecule has 3 heterocycles. The van der Waals surface area contributed by atoms with E-state index in [1.54, 1.807) is 17.0 Å². The summed E-state index contributed by atoms with van der Waals surface area (Å²) >= 11 is 0. The van der Waals surface area contributed by atoms with Crippen LogP contribution in [0.4, 0.5) is 0 Å². The summed E-state index contributed by atoms with van der Waals surface area (Å²) in [6.45, 7) is 1.89. The predicted octanol–water partition coefficient (Wildman–Crippen LogP) is 2.14. The molecule has 1 amide bonds. The van der Waals surface area contributed by atoms with E-state index in [-0.39, 0.29) is 18.0 Å². The molecule has 0 saturated carbocycles. The highest BCUT2D eigenvalue weighted by Gasteiger charge is 2.60. The highest BCUT2D eigenvalue weighted by molar-refractivity contribution is 5.93. The molecule has 102 valence electrons. The van der Waals surface area contributed by atoms with E-state index in [4.69, 9.17) is 4.42 Å². The Morgan fingerprint density at radius 2 is 2.32 bits per heavy atom. The van der Waals surface area contributed by atoms with Gasteiger partial charge in [-0.3, -0.25) is 9.59 Å². The molecule has 2 aliphatic heterocycles. The van der Waals surface area contributed by atoms with Crippen molar-refractivity contribution in [2.24, 2.45) is 5.41 Å². The third kappa shape index (κ3) is 1.54. The van der Waals surface area contributed by atoms with Gasteiger partial charge in [-0.2, -0.15) is 0 Å². The molecular weight excluding hydrogens is 246 g/mol. The molecule has 1 N–H and O–H groups in total. The average Bonchev–Trinajstić information content (AvgIpc) is 3.12. The van der Waals surface area contributed by atoms with E-state index >= 15 is 0 Å². The molecule has 0 aromatic carbocycles. The number of nitrogens with zero attached hydrogens (tertiary/aromatic N) is 1. The van der Waals surface area contributed by atoms with Crippen molar-refractivity contribution < 1.29 is 19.1 Å². The summed E-state index contributed by atoms with van der Waals surface area (Å²) in [4.78, 5) is 25.8. The van der Waals surface area contributed by atoms with Crippen molar-refractivity contribution >= 4 is 11.9 Å². The van der Waals surface area contributed by atoms with Gasteiger partial charge in [-0.25, -0.2) is 0 Å². The lowest BCUT2D eigenvalue weighted by molar-refractivity contribution is -0.151. The van der Waals surface area contributed by atoms with Crippen molar-refractivity contribution in [1.29, 1.82) is 0 Å². The maximum absolute atomic E-state index is 12.4. The van der Waals surface area contributed by atoms with Crippen LogP contribution >= 0.6 is 0 Å². The Morgan fingerprint density at radius 1 is 1.53 bits per heavy atom. The molecule has 3 rings (SSSR count). The summed E-state index contributed by atoms with van der Waals surface area (Å²) in [6, 6.07) is 3.15. The Morgan fingerprint density at radius 3 is 2.84 bits per heavy atom. The Bertz CT molecular complexity index is 510. The summed E-state index contributed by atoms with van der Waals surface area (Å²) < 4.78 is 5.16. The molecular formula is C14H17NO4. The van der Waals surface area contributed by atoms with Crippen molar-refractivity contribution in [3.8, 4) is 0 Å². The number of carbonyl (C=O) groups excluding carboxylic acids is 1. The number of hydrogen-bond donors (Lipinski definition) is 1. The van der Waals surface area contributed by atoms with Crippen LogP contribution in [0.15, 0.2) is 22.8 Å². The monoisotopic (exact) mass is 263 g/mol. The third-order valence-electron chi connectivity index (χ3n) is 4.76. The number of amides is 1. The molecule has 0 unspecified atom stereocenters. The van der Waals surface area contributed by atoms with Gasteiger partial charge in [0, 0.05) is 12.1 Å². The first-order chi connectivity index (χ1) is 9.10. The quantitative estimate of drug-likeness (QED) is 0.907. The molecule has 0 spiro atoms. The molecule has 3 atom stereocenters. The molecule has 0 aliphatic carbocycles. The van der Waals surface area contributed by atoms with Gasteiger partial charge in [0.15, 0.2) is 5.76 Å². The molecule has 1 aromatic heterocycles. The largest absolute Gasteiger partial charge is 0.481 e. The zero-order chi connectivity index (χ0) is 13.6. The van der Waals surface area contributed by atoms with Gasteiger partial charge in [0.05, 0.1) is 11.7 Å². The lowest BCUT2D eigenvalue weighted by Crippen LogP contribution is -2.44. The van der Waals surface area contributed by atoms with Gasteiger partial charge in [0.25, 0.3) is 5.91 Å². The van der Waals surface area contributed by atoms with E-state index in [0.29, 0.717) is 18.6 Å². The fourth-order valence-corrected chi connectivity index (χ4v) is 3.78. The second-order valence-electron chi connectivity index (χ2n) is 5.46. The molecule has 5 heteroatoms. The van der Waals surface area contributed by atoms with Crippen LogP contribution in [0.2, 0.25) is 0 Å². The highest BCUT2D eigenvalue weighted by Crippen LogP contribution is 2.52. The molecule has 2 fully saturated rings. The summed E-state index contributed by atoms with van der Waals surface area (Å²) in [6.07, 6.45) is 4.26. The lowest BCUT2D eigenvalue weighted by Gasteiger charge is -2.32. The molecule has 2 aliphatic rings. The maximum Gasteiger partial charge on any atom is 0.311 e. The average molecular weight is 263 g/mol.